The molecule has 2 rings (SSSR count). The van der Waals surface area contributed by atoms with Gasteiger partial charge in [0.25, 0.3) is 0 Å². The van der Waals surface area contributed by atoms with Crippen LogP contribution in [0.3, 0.4) is 0 Å². The van der Waals surface area contributed by atoms with Gasteiger partial charge >= 0.3 is 0 Å². The van der Waals surface area contributed by atoms with Gasteiger partial charge in [0.05, 0.1) is 18.1 Å². The quantitative estimate of drug-likeness (QED) is 0.851. The summed E-state index contributed by atoms with van der Waals surface area (Å²) in [7, 11) is 2.04. The Labute approximate surface area is 116 Å². The molecule has 1 aromatic heterocycles. The van der Waals surface area contributed by atoms with Gasteiger partial charge in [0.15, 0.2) is 0 Å². The second-order valence-corrected chi connectivity index (χ2v) is 5.91. The molecule has 108 valence electrons. The van der Waals surface area contributed by atoms with Gasteiger partial charge in [-0.1, -0.05) is 13.8 Å². The summed E-state index contributed by atoms with van der Waals surface area (Å²) in [5.74, 6) is 0.744. The first-order valence-corrected chi connectivity index (χ1v) is 7.24. The Balaban J connectivity index is 1.94. The lowest BCUT2D eigenvalue weighted by Gasteiger charge is -2.39. The topological polar surface area (TPSA) is 50.3 Å². The van der Waals surface area contributed by atoms with Crippen molar-refractivity contribution in [2.75, 3.05) is 39.3 Å². The maximum Gasteiger partial charge on any atom is 0.0946 e. The van der Waals surface area contributed by atoms with Crippen molar-refractivity contribution in [3.63, 3.8) is 0 Å². The van der Waals surface area contributed by atoms with Crippen LogP contribution in [0, 0.1) is 5.92 Å². The molecule has 19 heavy (non-hydrogen) atoms. The van der Waals surface area contributed by atoms with E-state index >= 15 is 0 Å². The number of hydrogen-bond donors (Lipinski definition) is 1. The molecule has 0 spiro atoms. The van der Waals surface area contributed by atoms with Crippen molar-refractivity contribution < 1.29 is 0 Å². The molecule has 0 aromatic carbocycles. The van der Waals surface area contributed by atoms with Gasteiger partial charge in [-0.25, -0.2) is 4.98 Å². The van der Waals surface area contributed by atoms with E-state index in [9.17, 15) is 0 Å². The highest BCUT2D eigenvalue weighted by Crippen LogP contribution is 2.20. The third-order valence-corrected chi connectivity index (χ3v) is 3.89. The highest BCUT2D eigenvalue weighted by Gasteiger charge is 2.25. The Morgan fingerprint density at radius 2 is 1.95 bits per heavy atom. The summed E-state index contributed by atoms with van der Waals surface area (Å²) < 4.78 is 2.08. The van der Waals surface area contributed by atoms with Crippen LogP contribution in [0.15, 0.2) is 12.5 Å². The Kier molecular flexibility index (Phi) is 4.96. The summed E-state index contributed by atoms with van der Waals surface area (Å²) in [6.45, 7) is 10.9. The van der Waals surface area contributed by atoms with E-state index in [2.05, 4.69) is 33.2 Å². The SMILES string of the molecule is CC(C)CN1CCN(C(CN)c2cncn2C)CC1. The summed E-state index contributed by atoms with van der Waals surface area (Å²) in [6, 6.07) is 0.300. The van der Waals surface area contributed by atoms with Crippen molar-refractivity contribution in [2.45, 2.75) is 19.9 Å². The van der Waals surface area contributed by atoms with E-state index in [0.717, 1.165) is 32.1 Å². The van der Waals surface area contributed by atoms with Crippen molar-refractivity contribution in [2.24, 2.45) is 18.7 Å². The van der Waals surface area contributed by atoms with Gasteiger partial charge in [-0.05, 0) is 5.92 Å². The number of rotatable bonds is 5. The lowest BCUT2D eigenvalue weighted by molar-refractivity contribution is 0.0888. The van der Waals surface area contributed by atoms with Crippen LogP contribution in [0.2, 0.25) is 0 Å². The molecule has 0 aliphatic carbocycles. The summed E-state index contributed by atoms with van der Waals surface area (Å²) >= 11 is 0. The fraction of sp³-hybridized carbons (Fsp3) is 0.786. The van der Waals surface area contributed by atoms with Gasteiger partial charge in [0, 0.05) is 52.5 Å². The summed E-state index contributed by atoms with van der Waals surface area (Å²) in [5.41, 5.74) is 7.20. The zero-order chi connectivity index (χ0) is 13.8. The molecule has 1 aromatic rings. The molecular weight excluding hydrogens is 238 g/mol. The molecule has 5 heteroatoms. The molecule has 0 amide bonds. The number of nitrogens with zero attached hydrogens (tertiary/aromatic N) is 4. The molecule has 0 radical (unpaired) electrons. The Bertz CT molecular complexity index is 379. The molecule has 1 fully saturated rings. The molecule has 1 atom stereocenters. The first-order chi connectivity index (χ1) is 9.11. The van der Waals surface area contributed by atoms with Gasteiger partial charge in [0.2, 0.25) is 0 Å². The van der Waals surface area contributed by atoms with Crippen molar-refractivity contribution in [1.82, 2.24) is 19.4 Å². The van der Waals surface area contributed by atoms with E-state index in [4.69, 9.17) is 5.73 Å². The summed E-state index contributed by atoms with van der Waals surface area (Å²) in [4.78, 5) is 9.26. The molecule has 2 N–H and O–H groups in total. The predicted molar refractivity (Wildman–Crippen MR) is 77.9 cm³/mol. The average Bonchev–Trinajstić information content (AvgIpc) is 2.78. The Morgan fingerprint density at radius 3 is 2.42 bits per heavy atom. The van der Waals surface area contributed by atoms with Crippen molar-refractivity contribution in [3.8, 4) is 0 Å². The minimum atomic E-state index is 0.300. The third kappa shape index (κ3) is 3.55. The Morgan fingerprint density at radius 1 is 1.26 bits per heavy atom. The number of piperazine rings is 1. The van der Waals surface area contributed by atoms with Crippen LogP contribution in [0.25, 0.3) is 0 Å². The fourth-order valence-electron chi connectivity index (χ4n) is 2.92. The molecule has 0 saturated carbocycles. The largest absolute Gasteiger partial charge is 0.336 e. The smallest absolute Gasteiger partial charge is 0.0946 e. The van der Waals surface area contributed by atoms with Crippen LogP contribution < -0.4 is 5.73 Å². The molecule has 0 bridgehead atoms. The molecule has 1 aliphatic heterocycles. The first-order valence-electron chi connectivity index (χ1n) is 7.24. The monoisotopic (exact) mass is 265 g/mol. The van der Waals surface area contributed by atoms with Crippen LogP contribution in [-0.2, 0) is 7.05 Å². The van der Waals surface area contributed by atoms with Crippen molar-refractivity contribution in [3.05, 3.63) is 18.2 Å². The van der Waals surface area contributed by atoms with E-state index in [0.29, 0.717) is 12.6 Å². The van der Waals surface area contributed by atoms with Gasteiger partial charge in [-0.2, -0.15) is 0 Å². The zero-order valence-corrected chi connectivity index (χ0v) is 12.4. The molecule has 1 unspecified atom stereocenters. The summed E-state index contributed by atoms with van der Waals surface area (Å²) in [6.07, 6.45) is 3.80. The second kappa shape index (κ2) is 6.50. The lowest BCUT2D eigenvalue weighted by Crippen LogP contribution is -2.50. The number of hydrogen-bond acceptors (Lipinski definition) is 4. The zero-order valence-electron chi connectivity index (χ0n) is 12.4. The van der Waals surface area contributed by atoms with E-state index < -0.39 is 0 Å². The van der Waals surface area contributed by atoms with Crippen molar-refractivity contribution in [1.29, 1.82) is 0 Å². The normalized spacial score (nSPS) is 20.1. The van der Waals surface area contributed by atoms with Crippen LogP contribution in [-0.4, -0.2) is 58.6 Å². The predicted octanol–water partition coefficient (Wildman–Crippen LogP) is 0.694. The minimum absolute atomic E-state index is 0.300. The summed E-state index contributed by atoms with van der Waals surface area (Å²) in [5, 5.41) is 0. The van der Waals surface area contributed by atoms with Gasteiger partial charge in [0.1, 0.15) is 0 Å². The van der Waals surface area contributed by atoms with E-state index in [1.54, 1.807) is 0 Å². The van der Waals surface area contributed by atoms with E-state index in [1.165, 1.54) is 12.2 Å². The van der Waals surface area contributed by atoms with Crippen LogP contribution >= 0.6 is 0 Å². The average molecular weight is 265 g/mol. The van der Waals surface area contributed by atoms with Gasteiger partial charge < -0.3 is 15.2 Å². The van der Waals surface area contributed by atoms with E-state index in [1.807, 2.05) is 19.6 Å². The maximum atomic E-state index is 5.98. The fourth-order valence-corrected chi connectivity index (χ4v) is 2.92. The standard InChI is InChI=1S/C14H27N5/c1-12(2)10-18-4-6-19(7-5-18)13(8-15)14-9-16-11-17(14)3/h9,11-13H,4-8,10,15H2,1-3H3. The van der Waals surface area contributed by atoms with E-state index in [-0.39, 0.29) is 0 Å². The molecule has 1 aliphatic rings. The molecule has 2 heterocycles. The second-order valence-electron chi connectivity index (χ2n) is 5.91. The van der Waals surface area contributed by atoms with Crippen molar-refractivity contribution >= 4 is 0 Å². The van der Waals surface area contributed by atoms with Gasteiger partial charge in [-0.15, -0.1) is 0 Å². The number of imidazole rings is 1. The van der Waals surface area contributed by atoms with Crippen LogP contribution in [0.5, 0.6) is 0 Å². The number of aryl methyl sites for hydroxylation is 1. The Hall–Kier alpha value is -0.910. The highest BCUT2D eigenvalue weighted by atomic mass is 15.3. The van der Waals surface area contributed by atoms with Crippen LogP contribution in [0.1, 0.15) is 25.6 Å². The molecule has 1 saturated heterocycles. The highest BCUT2D eigenvalue weighted by molar-refractivity contribution is 5.06. The third-order valence-electron chi connectivity index (χ3n) is 3.89. The lowest BCUT2D eigenvalue weighted by atomic mass is 10.1. The maximum absolute atomic E-state index is 5.98. The number of nitrogens with two attached hydrogens (primary N) is 1. The van der Waals surface area contributed by atoms with Gasteiger partial charge in [-0.3, -0.25) is 4.90 Å². The van der Waals surface area contributed by atoms with Crippen LogP contribution in [0.4, 0.5) is 0 Å². The molecule has 5 nitrogen and oxygen atoms in total. The number of aromatic nitrogens is 2. The first kappa shape index (κ1) is 14.5. The molecular formula is C14H27N5. The minimum Gasteiger partial charge on any atom is -0.336 e.